The minimum absolute atomic E-state index is 0.197. The van der Waals surface area contributed by atoms with Crippen molar-refractivity contribution >= 4 is 19.0 Å². The first-order valence-electron chi connectivity index (χ1n) is 23.2. The van der Waals surface area contributed by atoms with Crippen molar-refractivity contribution in [2.45, 2.75) is 143 Å². The summed E-state index contributed by atoms with van der Waals surface area (Å²) in [6.45, 7) is 27.9. The summed E-state index contributed by atoms with van der Waals surface area (Å²) in [6.07, 6.45) is 0.704. The van der Waals surface area contributed by atoms with Crippen LogP contribution in [0.1, 0.15) is 187 Å². The first-order valence-corrected chi connectivity index (χ1v) is 24.7. The summed E-state index contributed by atoms with van der Waals surface area (Å²) in [5, 5.41) is 1.30. The second-order valence-corrected chi connectivity index (χ2v) is 21.8. The molecule has 0 spiro atoms. The second-order valence-electron chi connectivity index (χ2n) is 19.3. The third-order valence-electron chi connectivity index (χ3n) is 13.2. The molecule has 0 amide bonds. The molecule has 0 bridgehead atoms. The van der Waals surface area contributed by atoms with E-state index in [0.717, 1.165) is 34.1 Å². The number of ketones is 1. The van der Waals surface area contributed by atoms with Crippen LogP contribution in [-0.2, 0) is 4.79 Å². The van der Waals surface area contributed by atoms with Crippen molar-refractivity contribution in [2.24, 2.45) is 0 Å². The molecule has 0 N–H and O–H groups in total. The van der Waals surface area contributed by atoms with Gasteiger partial charge in [-0.25, -0.2) is 0 Å². The summed E-state index contributed by atoms with van der Waals surface area (Å²) in [7, 11) is 5.55. The van der Waals surface area contributed by atoms with Gasteiger partial charge in [-0.3, -0.25) is 4.79 Å². The van der Waals surface area contributed by atoms with Gasteiger partial charge in [-0.15, -0.1) is 0 Å². The summed E-state index contributed by atoms with van der Waals surface area (Å²) >= 11 is 0. The average molecular weight is 869 g/mol. The van der Waals surface area contributed by atoms with Crippen molar-refractivity contribution < 1.29 is 23.7 Å². The number of ether oxygens (including phenoxy) is 4. The van der Waals surface area contributed by atoms with Crippen LogP contribution in [0.3, 0.4) is 0 Å². The van der Waals surface area contributed by atoms with Gasteiger partial charge in [0.25, 0.3) is 0 Å². The van der Waals surface area contributed by atoms with E-state index in [-0.39, 0.29) is 40.8 Å². The SMILES string of the molecule is COc1cccc(OC)c1C1CC(=O)CC(c2c(OC)cccc2OC)P1c1c(-c2c(C(C)C)cc(C(C)C)cc2C(C)C)cccc1-c1c(C(C)C)cc(C(C)C)cc1C(C)C. The summed E-state index contributed by atoms with van der Waals surface area (Å²) in [6, 6.07) is 29.0. The molecule has 0 aliphatic carbocycles. The third-order valence-corrected chi connectivity index (χ3v) is 16.4. The van der Waals surface area contributed by atoms with Gasteiger partial charge in [0.15, 0.2) is 0 Å². The van der Waals surface area contributed by atoms with Gasteiger partial charge in [0.2, 0.25) is 0 Å². The van der Waals surface area contributed by atoms with Crippen LogP contribution in [0.25, 0.3) is 22.3 Å². The zero-order valence-electron chi connectivity index (χ0n) is 41.0. The third kappa shape index (κ3) is 9.33. The Morgan fingerprint density at radius 1 is 0.444 bits per heavy atom. The number of hydrogen-bond acceptors (Lipinski definition) is 5. The van der Waals surface area contributed by atoms with Gasteiger partial charge < -0.3 is 18.9 Å². The van der Waals surface area contributed by atoms with E-state index < -0.39 is 7.92 Å². The Balaban J connectivity index is 1.95. The monoisotopic (exact) mass is 869 g/mol. The van der Waals surface area contributed by atoms with E-state index in [1.807, 2.05) is 36.4 Å². The summed E-state index contributed by atoms with van der Waals surface area (Å²) in [5.74, 6) is 4.88. The van der Waals surface area contributed by atoms with E-state index in [0.29, 0.717) is 24.7 Å². The van der Waals surface area contributed by atoms with E-state index in [1.165, 1.54) is 60.9 Å². The minimum atomic E-state index is -1.36. The van der Waals surface area contributed by atoms with Gasteiger partial charge in [0.1, 0.15) is 28.8 Å². The van der Waals surface area contributed by atoms with Crippen molar-refractivity contribution in [3.05, 3.63) is 123 Å². The van der Waals surface area contributed by atoms with Gasteiger partial charge in [-0.1, -0.05) is 146 Å². The van der Waals surface area contributed by atoms with Crippen molar-refractivity contribution in [2.75, 3.05) is 28.4 Å². The first-order chi connectivity index (χ1) is 30.0. The van der Waals surface area contributed by atoms with E-state index in [4.69, 9.17) is 18.9 Å². The van der Waals surface area contributed by atoms with Crippen molar-refractivity contribution in [3.8, 4) is 45.3 Å². The molecule has 6 heteroatoms. The van der Waals surface area contributed by atoms with E-state index in [9.17, 15) is 4.79 Å². The molecule has 1 saturated heterocycles. The highest BCUT2D eigenvalue weighted by molar-refractivity contribution is 7.67. The lowest BCUT2D eigenvalue weighted by molar-refractivity contribution is -0.119. The standard InChI is InChI=1S/C57H73O5P/c1-32(2)38-26-43(34(5)6)53(44(27-38)35(7)8)41-20-17-21-42(54-45(36(9)10)28-39(33(3)4)29-46(54)37(11)12)57(41)63-51(55-47(59-13)22-18-23-48(55)60-14)30-40(58)31-52(63)56-49(61-15)24-19-25-50(56)62-16/h17-29,32-37,51-52H,30-31H2,1-16H3. The normalized spacial score (nSPS) is 16.9. The number of hydrogen-bond donors (Lipinski definition) is 0. The van der Waals surface area contributed by atoms with Gasteiger partial charge in [-0.2, -0.15) is 0 Å². The molecule has 0 aromatic heterocycles. The Morgan fingerprint density at radius 3 is 0.984 bits per heavy atom. The molecule has 5 aromatic carbocycles. The van der Waals surface area contributed by atoms with Crippen molar-refractivity contribution in [1.29, 1.82) is 0 Å². The van der Waals surface area contributed by atoms with E-state index >= 15 is 0 Å². The Kier molecular flexibility index (Phi) is 15.2. The number of Topliss-reactive ketones (excluding diaryl/α,β-unsaturated/α-hetero) is 1. The topological polar surface area (TPSA) is 54.0 Å². The predicted molar refractivity (Wildman–Crippen MR) is 267 cm³/mol. The van der Waals surface area contributed by atoms with Gasteiger partial charge in [0, 0.05) is 35.3 Å². The molecule has 63 heavy (non-hydrogen) atoms. The van der Waals surface area contributed by atoms with Crippen LogP contribution in [0.5, 0.6) is 23.0 Å². The van der Waals surface area contributed by atoms with Crippen LogP contribution in [0.2, 0.25) is 0 Å². The van der Waals surface area contributed by atoms with E-state index in [1.54, 1.807) is 28.4 Å². The maximum absolute atomic E-state index is 14.7. The predicted octanol–water partition coefficient (Wildman–Crippen LogP) is 15.7. The van der Waals surface area contributed by atoms with Crippen molar-refractivity contribution in [1.82, 2.24) is 0 Å². The second kappa shape index (κ2) is 20.1. The molecule has 5 nitrogen and oxygen atoms in total. The summed E-state index contributed by atoms with van der Waals surface area (Å²) < 4.78 is 25.1. The smallest absolute Gasteiger partial charge is 0.134 e. The fourth-order valence-corrected chi connectivity index (χ4v) is 13.8. The van der Waals surface area contributed by atoms with Crippen LogP contribution < -0.4 is 24.3 Å². The molecule has 6 rings (SSSR count). The molecule has 2 unspecified atom stereocenters. The molecule has 5 aromatic rings. The van der Waals surface area contributed by atoms with Crippen LogP contribution in [0, 0.1) is 0 Å². The molecular weight excluding hydrogens is 796 g/mol. The minimum Gasteiger partial charge on any atom is -0.496 e. The van der Waals surface area contributed by atoms with Crippen LogP contribution >= 0.6 is 7.92 Å². The molecule has 1 heterocycles. The molecular formula is C57H73O5P. The number of carbonyl (C=O) groups is 1. The Hall–Kier alpha value is -4.60. The molecule has 1 aliphatic rings. The highest BCUT2D eigenvalue weighted by Gasteiger charge is 2.46. The molecule has 1 aliphatic heterocycles. The van der Waals surface area contributed by atoms with Crippen LogP contribution in [-0.4, -0.2) is 34.2 Å². The quantitative estimate of drug-likeness (QED) is 0.0981. The maximum atomic E-state index is 14.7. The largest absolute Gasteiger partial charge is 0.496 e. The number of methoxy groups -OCH3 is 4. The van der Waals surface area contributed by atoms with Gasteiger partial charge in [-0.05, 0) is 121 Å². The molecule has 0 radical (unpaired) electrons. The highest BCUT2D eigenvalue weighted by atomic mass is 31.1. The van der Waals surface area contributed by atoms with Crippen molar-refractivity contribution in [3.63, 3.8) is 0 Å². The zero-order chi connectivity index (χ0) is 46.0. The maximum Gasteiger partial charge on any atom is 0.134 e. The first kappa shape index (κ1) is 47.9. The number of rotatable bonds is 15. The zero-order valence-corrected chi connectivity index (χ0v) is 41.9. The summed E-state index contributed by atoms with van der Waals surface area (Å²) in [5.41, 5.74) is 14.6. The molecule has 336 valence electrons. The molecule has 1 fully saturated rings. The number of carbonyl (C=O) groups excluding carboxylic acids is 1. The lowest BCUT2D eigenvalue weighted by Gasteiger charge is -2.43. The number of benzene rings is 5. The Morgan fingerprint density at radius 2 is 0.730 bits per heavy atom. The van der Waals surface area contributed by atoms with Gasteiger partial charge in [0.05, 0.1) is 28.4 Å². The summed E-state index contributed by atoms with van der Waals surface area (Å²) in [4.78, 5) is 14.7. The molecule has 0 saturated carbocycles. The fraction of sp³-hybridized carbons (Fsp3) is 0.456. The lowest BCUT2D eigenvalue weighted by Crippen LogP contribution is -2.27. The molecule has 2 atom stereocenters. The Bertz CT molecular complexity index is 2160. The average Bonchev–Trinajstić information content (AvgIpc) is 3.26. The van der Waals surface area contributed by atoms with E-state index in [2.05, 4.69) is 126 Å². The Labute approximate surface area is 381 Å². The lowest BCUT2D eigenvalue weighted by atomic mass is 9.79. The fourth-order valence-electron chi connectivity index (χ4n) is 9.90. The van der Waals surface area contributed by atoms with Gasteiger partial charge >= 0.3 is 0 Å². The van der Waals surface area contributed by atoms with Crippen LogP contribution in [0.15, 0.2) is 78.9 Å². The van der Waals surface area contributed by atoms with Crippen LogP contribution in [0.4, 0.5) is 0 Å². The highest BCUT2D eigenvalue weighted by Crippen LogP contribution is 2.71.